The summed E-state index contributed by atoms with van der Waals surface area (Å²) in [6.07, 6.45) is 1.71. The summed E-state index contributed by atoms with van der Waals surface area (Å²) in [6, 6.07) is 8.49. The number of aliphatic hydroxyl groups excluding tert-OH is 1. The Hall–Kier alpha value is -0.900. The highest BCUT2D eigenvalue weighted by molar-refractivity contribution is 5.35. The van der Waals surface area contributed by atoms with Gasteiger partial charge in [0, 0.05) is 25.7 Å². The summed E-state index contributed by atoms with van der Waals surface area (Å²) >= 11 is 0. The third kappa shape index (κ3) is 2.10. The molecule has 17 heavy (non-hydrogen) atoms. The predicted octanol–water partition coefficient (Wildman–Crippen LogP) is 1.37. The number of hydrogen-bond donors (Lipinski definition) is 1. The van der Waals surface area contributed by atoms with Crippen molar-refractivity contribution in [1.82, 2.24) is 4.90 Å². The fourth-order valence-electron chi connectivity index (χ4n) is 2.98. The van der Waals surface area contributed by atoms with Crippen LogP contribution in [0.1, 0.15) is 23.7 Å². The van der Waals surface area contributed by atoms with E-state index in [9.17, 15) is 5.11 Å². The zero-order chi connectivity index (χ0) is 11.7. The van der Waals surface area contributed by atoms with Gasteiger partial charge in [-0.25, -0.2) is 0 Å². The Morgan fingerprint density at radius 3 is 2.94 bits per heavy atom. The molecule has 1 fully saturated rings. The Kier molecular flexibility index (Phi) is 3.14. The molecule has 92 valence electrons. The highest BCUT2D eigenvalue weighted by atomic mass is 16.5. The first-order valence-electron chi connectivity index (χ1n) is 6.44. The van der Waals surface area contributed by atoms with Gasteiger partial charge < -0.3 is 9.84 Å². The minimum atomic E-state index is -0.329. The molecular weight excluding hydrogens is 214 g/mol. The molecule has 0 amide bonds. The van der Waals surface area contributed by atoms with Gasteiger partial charge >= 0.3 is 0 Å². The second-order valence-electron chi connectivity index (χ2n) is 4.92. The molecule has 2 atom stereocenters. The molecule has 0 bridgehead atoms. The van der Waals surface area contributed by atoms with Crippen molar-refractivity contribution < 1.29 is 9.84 Å². The van der Waals surface area contributed by atoms with Crippen LogP contribution in [0.3, 0.4) is 0 Å². The highest BCUT2D eigenvalue weighted by Crippen LogP contribution is 2.34. The summed E-state index contributed by atoms with van der Waals surface area (Å²) in [7, 11) is 0. The largest absolute Gasteiger partial charge is 0.387 e. The van der Waals surface area contributed by atoms with Crippen LogP contribution < -0.4 is 0 Å². The molecule has 1 aromatic carbocycles. The number of fused-ring (bicyclic) bond motifs is 1. The highest BCUT2D eigenvalue weighted by Gasteiger charge is 2.34. The monoisotopic (exact) mass is 233 g/mol. The quantitative estimate of drug-likeness (QED) is 0.795. The maximum Gasteiger partial charge on any atom is 0.0951 e. The van der Waals surface area contributed by atoms with E-state index in [4.69, 9.17) is 4.74 Å². The van der Waals surface area contributed by atoms with Crippen molar-refractivity contribution >= 4 is 0 Å². The van der Waals surface area contributed by atoms with Gasteiger partial charge in [-0.3, -0.25) is 4.90 Å². The van der Waals surface area contributed by atoms with Crippen LogP contribution in [0.5, 0.6) is 0 Å². The van der Waals surface area contributed by atoms with Gasteiger partial charge in [0.2, 0.25) is 0 Å². The number of rotatable bonds is 1. The first-order chi connectivity index (χ1) is 8.36. The zero-order valence-corrected chi connectivity index (χ0v) is 10.0. The van der Waals surface area contributed by atoms with Gasteiger partial charge in [0.1, 0.15) is 0 Å². The van der Waals surface area contributed by atoms with Gasteiger partial charge in [0.05, 0.1) is 12.7 Å². The molecule has 1 heterocycles. The molecule has 0 spiro atoms. The number of aliphatic hydroxyl groups is 1. The fraction of sp³-hybridized carbons (Fsp3) is 0.571. The van der Waals surface area contributed by atoms with E-state index in [2.05, 4.69) is 17.0 Å². The molecule has 3 rings (SSSR count). The number of nitrogens with zero attached hydrogens (tertiary/aromatic N) is 1. The molecule has 3 heteroatoms. The predicted molar refractivity (Wildman–Crippen MR) is 65.9 cm³/mol. The van der Waals surface area contributed by atoms with Crippen LogP contribution in [0.4, 0.5) is 0 Å². The Morgan fingerprint density at radius 2 is 2.06 bits per heavy atom. The van der Waals surface area contributed by atoms with Crippen molar-refractivity contribution in [1.29, 1.82) is 0 Å². The van der Waals surface area contributed by atoms with Crippen LogP contribution >= 0.6 is 0 Å². The van der Waals surface area contributed by atoms with E-state index >= 15 is 0 Å². The van der Waals surface area contributed by atoms with Gasteiger partial charge in [-0.05, 0) is 24.0 Å². The number of ether oxygens (including phenoxy) is 1. The molecule has 1 aliphatic carbocycles. The lowest BCUT2D eigenvalue weighted by molar-refractivity contribution is 0.0570. The third-order valence-electron chi connectivity index (χ3n) is 3.89. The van der Waals surface area contributed by atoms with Crippen molar-refractivity contribution in [2.45, 2.75) is 25.0 Å². The maximum atomic E-state index is 10.4. The van der Waals surface area contributed by atoms with Crippen LogP contribution in [0.15, 0.2) is 24.3 Å². The van der Waals surface area contributed by atoms with E-state index in [0.29, 0.717) is 0 Å². The van der Waals surface area contributed by atoms with Gasteiger partial charge in [-0.15, -0.1) is 0 Å². The van der Waals surface area contributed by atoms with Crippen LogP contribution in [0.25, 0.3) is 0 Å². The Labute approximate surface area is 102 Å². The van der Waals surface area contributed by atoms with Crippen molar-refractivity contribution in [3.63, 3.8) is 0 Å². The van der Waals surface area contributed by atoms with Gasteiger partial charge in [0.15, 0.2) is 0 Å². The third-order valence-corrected chi connectivity index (χ3v) is 3.89. The first-order valence-corrected chi connectivity index (χ1v) is 6.44. The van der Waals surface area contributed by atoms with Crippen molar-refractivity contribution in [2.24, 2.45) is 0 Å². The second-order valence-corrected chi connectivity index (χ2v) is 4.92. The minimum Gasteiger partial charge on any atom is -0.387 e. The van der Waals surface area contributed by atoms with Crippen LogP contribution in [0, 0.1) is 0 Å². The molecule has 0 saturated carbocycles. The lowest BCUT2D eigenvalue weighted by Crippen LogP contribution is -2.39. The van der Waals surface area contributed by atoms with Crippen molar-refractivity contribution in [3.8, 4) is 0 Å². The minimum absolute atomic E-state index is 0.245. The van der Waals surface area contributed by atoms with Crippen LogP contribution in [0.2, 0.25) is 0 Å². The Bertz CT molecular complexity index is 386. The lowest BCUT2D eigenvalue weighted by Gasteiger charge is -2.29. The molecule has 1 saturated heterocycles. The summed E-state index contributed by atoms with van der Waals surface area (Å²) in [5.41, 5.74) is 2.41. The van der Waals surface area contributed by atoms with E-state index < -0.39 is 0 Å². The van der Waals surface area contributed by atoms with Gasteiger partial charge in [0.25, 0.3) is 0 Å². The Morgan fingerprint density at radius 1 is 1.18 bits per heavy atom. The summed E-state index contributed by atoms with van der Waals surface area (Å²) in [4.78, 5) is 2.39. The number of hydrogen-bond acceptors (Lipinski definition) is 3. The standard InChI is InChI=1S/C14H19NO2/c16-14-12-5-2-1-4-11(12)10-13(14)15-6-3-8-17-9-7-15/h1-2,4-5,13-14,16H,3,6-10H2. The normalized spacial score (nSPS) is 29.9. The average molecular weight is 233 g/mol. The molecule has 2 unspecified atom stereocenters. The van der Waals surface area contributed by atoms with Crippen LogP contribution in [-0.2, 0) is 11.2 Å². The topological polar surface area (TPSA) is 32.7 Å². The van der Waals surface area contributed by atoms with Crippen molar-refractivity contribution in [3.05, 3.63) is 35.4 Å². The fourth-order valence-corrected chi connectivity index (χ4v) is 2.98. The molecule has 1 aromatic rings. The maximum absolute atomic E-state index is 10.4. The van der Waals surface area contributed by atoms with E-state index in [-0.39, 0.29) is 12.1 Å². The summed E-state index contributed by atoms with van der Waals surface area (Å²) in [5.74, 6) is 0. The van der Waals surface area contributed by atoms with E-state index in [0.717, 1.165) is 44.7 Å². The second kappa shape index (κ2) is 4.77. The molecule has 1 N–H and O–H groups in total. The van der Waals surface area contributed by atoms with Crippen LogP contribution in [-0.4, -0.2) is 42.4 Å². The van der Waals surface area contributed by atoms with E-state index in [1.807, 2.05) is 12.1 Å². The van der Waals surface area contributed by atoms with E-state index in [1.54, 1.807) is 0 Å². The smallest absolute Gasteiger partial charge is 0.0951 e. The number of benzene rings is 1. The summed E-state index contributed by atoms with van der Waals surface area (Å²) in [5, 5.41) is 10.4. The Balaban J connectivity index is 1.78. The SMILES string of the molecule is OC1c2ccccc2CC1N1CCCOCC1. The van der Waals surface area contributed by atoms with E-state index in [1.165, 1.54) is 5.56 Å². The molecule has 0 radical (unpaired) electrons. The molecular formula is C14H19NO2. The molecule has 0 aromatic heterocycles. The molecule has 1 aliphatic heterocycles. The first kappa shape index (κ1) is 11.2. The van der Waals surface area contributed by atoms with Gasteiger partial charge in [-0.1, -0.05) is 24.3 Å². The summed E-state index contributed by atoms with van der Waals surface area (Å²) < 4.78 is 5.47. The summed E-state index contributed by atoms with van der Waals surface area (Å²) in [6.45, 7) is 3.62. The zero-order valence-electron chi connectivity index (χ0n) is 10.0. The molecule has 3 nitrogen and oxygen atoms in total. The molecule has 2 aliphatic rings. The van der Waals surface area contributed by atoms with Gasteiger partial charge in [-0.2, -0.15) is 0 Å². The lowest BCUT2D eigenvalue weighted by atomic mass is 10.1. The average Bonchev–Trinajstić information content (AvgIpc) is 2.57. The van der Waals surface area contributed by atoms with Crippen molar-refractivity contribution in [2.75, 3.05) is 26.3 Å².